The molecule has 0 radical (unpaired) electrons. The number of carbonyl (C=O) groups is 1. The highest BCUT2D eigenvalue weighted by atomic mass is 32.2. The average Bonchev–Trinajstić information content (AvgIpc) is 2.65. The number of H-pyrrole nitrogens is 1. The predicted molar refractivity (Wildman–Crippen MR) is 113 cm³/mol. The van der Waals surface area contributed by atoms with Gasteiger partial charge in [-0.1, -0.05) is 43.0 Å². The Morgan fingerprint density at radius 2 is 1.93 bits per heavy atom. The van der Waals surface area contributed by atoms with Crippen molar-refractivity contribution in [1.82, 2.24) is 20.3 Å². The lowest BCUT2D eigenvalue weighted by Gasteiger charge is -2.14. The topological polar surface area (TPSA) is 87.7 Å². The predicted octanol–water partition coefficient (Wildman–Crippen LogP) is 3.47. The number of thioether (sulfide) groups is 1. The second kappa shape index (κ2) is 8.56. The lowest BCUT2D eigenvalue weighted by atomic mass is 10.1. The fourth-order valence-corrected chi connectivity index (χ4v) is 3.74. The molecule has 0 saturated heterocycles. The Hall–Kier alpha value is -2.67. The number of amides is 1. The van der Waals surface area contributed by atoms with Crippen LogP contribution >= 0.6 is 11.8 Å². The van der Waals surface area contributed by atoms with Crippen LogP contribution in [-0.4, -0.2) is 26.6 Å². The van der Waals surface area contributed by atoms with E-state index in [-0.39, 0.29) is 23.3 Å². The molecule has 0 bridgehead atoms. The number of hydrogen-bond acceptors (Lipinski definition) is 5. The second-order valence-corrected chi connectivity index (χ2v) is 7.79. The molecular formula is C21H24N4O2S. The van der Waals surface area contributed by atoms with Crippen molar-refractivity contribution in [3.05, 3.63) is 63.1 Å². The molecule has 146 valence electrons. The number of nitrogens with one attached hydrogen (secondary N) is 2. The van der Waals surface area contributed by atoms with E-state index >= 15 is 0 Å². The van der Waals surface area contributed by atoms with Crippen molar-refractivity contribution >= 4 is 28.7 Å². The lowest BCUT2D eigenvalue weighted by molar-refractivity contribution is -0.119. The van der Waals surface area contributed by atoms with Crippen LogP contribution in [0.25, 0.3) is 11.0 Å². The summed E-state index contributed by atoms with van der Waals surface area (Å²) in [5.41, 5.74) is 4.15. The number of benzene rings is 1. The quantitative estimate of drug-likeness (QED) is 0.492. The van der Waals surface area contributed by atoms with Crippen LogP contribution in [0, 0.1) is 13.8 Å². The average molecular weight is 397 g/mol. The van der Waals surface area contributed by atoms with Crippen molar-refractivity contribution in [1.29, 1.82) is 0 Å². The van der Waals surface area contributed by atoms with Gasteiger partial charge in [-0.25, -0.2) is 9.97 Å². The standard InChI is InChI=1S/C21H24N4O2S/c1-5-15-6-8-16(9-7-15)14(4)23-17(26)11-28-21-24-19-18(20(27)25-21)12(2)10-13(3)22-19/h6-10,14H,5,11H2,1-4H3,(H,23,26)(H,22,24,25,27)/t14-/m0/s1. The summed E-state index contributed by atoms with van der Waals surface area (Å²) < 4.78 is 0. The Bertz CT molecular complexity index is 1060. The fraction of sp³-hybridized carbons (Fsp3) is 0.333. The minimum absolute atomic E-state index is 0.0883. The van der Waals surface area contributed by atoms with Gasteiger partial charge in [0.05, 0.1) is 17.2 Å². The Labute approximate surface area is 168 Å². The Morgan fingerprint density at radius 1 is 1.21 bits per heavy atom. The van der Waals surface area contributed by atoms with Gasteiger partial charge in [-0.15, -0.1) is 0 Å². The summed E-state index contributed by atoms with van der Waals surface area (Å²) in [5, 5.41) is 3.86. The third-order valence-electron chi connectivity index (χ3n) is 4.59. The molecule has 2 aromatic heterocycles. The van der Waals surface area contributed by atoms with E-state index in [0.29, 0.717) is 16.2 Å². The summed E-state index contributed by atoms with van der Waals surface area (Å²) in [5.74, 6) is 0.0459. The Kier molecular flexibility index (Phi) is 6.14. The number of hydrogen-bond donors (Lipinski definition) is 2. The molecule has 0 aliphatic heterocycles. The van der Waals surface area contributed by atoms with Gasteiger partial charge in [-0.3, -0.25) is 9.59 Å². The number of aromatic amines is 1. The summed E-state index contributed by atoms with van der Waals surface area (Å²) in [6.07, 6.45) is 0.989. The first-order valence-corrected chi connectivity index (χ1v) is 10.2. The van der Waals surface area contributed by atoms with Crippen LogP contribution in [0.1, 0.15) is 42.3 Å². The molecule has 0 unspecified atom stereocenters. The first-order valence-electron chi connectivity index (χ1n) is 9.26. The van der Waals surface area contributed by atoms with E-state index in [9.17, 15) is 9.59 Å². The molecule has 28 heavy (non-hydrogen) atoms. The van der Waals surface area contributed by atoms with Gasteiger partial charge in [-0.05, 0) is 49.9 Å². The normalized spacial score (nSPS) is 12.1. The number of rotatable bonds is 6. The zero-order valence-corrected chi connectivity index (χ0v) is 17.3. The van der Waals surface area contributed by atoms with Crippen LogP contribution in [0.3, 0.4) is 0 Å². The van der Waals surface area contributed by atoms with Crippen LogP contribution in [-0.2, 0) is 11.2 Å². The largest absolute Gasteiger partial charge is 0.349 e. The molecule has 2 N–H and O–H groups in total. The van der Waals surface area contributed by atoms with Crippen molar-refractivity contribution in [2.24, 2.45) is 0 Å². The van der Waals surface area contributed by atoms with Gasteiger partial charge in [0.25, 0.3) is 5.56 Å². The van der Waals surface area contributed by atoms with Gasteiger partial charge in [-0.2, -0.15) is 0 Å². The van der Waals surface area contributed by atoms with Crippen LogP contribution in [0.2, 0.25) is 0 Å². The third-order valence-corrected chi connectivity index (χ3v) is 5.46. The molecule has 6 nitrogen and oxygen atoms in total. The highest BCUT2D eigenvalue weighted by Crippen LogP contribution is 2.18. The van der Waals surface area contributed by atoms with Crippen LogP contribution in [0.15, 0.2) is 40.3 Å². The van der Waals surface area contributed by atoms with E-state index in [4.69, 9.17) is 0 Å². The number of carbonyl (C=O) groups excluding carboxylic acids is 1. The molecule has 0 aliphatic rings. The van der Waals surface area contributed by atoms with Gasteiger partial charge in [0, 0.05) is 5.69 Å². The van der Waals surface area contributed by atoms with Crippen LogP contribution in [0.5, 0.6) is 0 Å². The maximum atomic E-state index is 12.3. The van der Waals surface area contributed by atoms with E-state index in [2.05, 4.69) is 39.3 Å². The van der Waals surface area contributed by atoms with Gasteiger partial charge in [0.15, 0.2) is 10.8 Å². The maximum absolute atomic E-state index is 12.3. The Morgan fingerprint density at radius 3 is 2.61 bits per heavy atom. The van der Waals surface area contributed by atoms with E-state index in [1.807, 2.05) is 39.0 Å². The van der Waals surface area contributed by atoms with Gasteiger partial charge >= 0.3 is 0 Å². The van der Waals surface area contributed by atoms with E-state index in [0.717, 1.165) is 23.2 Å². The molecule has 0 fully saturated rings. The highest BCUT2D eigenvalue weighted by Gasteiger charge is 2.13. The van der Waals surface area contributed by atoms with E-state index in [1.54, 1.807) is 0 Å². The van der Waals surface area contributed by atoms with Crippen LogP contribution in [0.4, 0.5) is 0 Å². The third kappa shape index (κ3) is 4.59. The molecule has 7 heteroatoms. The second-order valence-electron chi connectivity index (χ2n) is 6.82. The van der Waals surface area contributed by atoms with E-state index < -0.39 is 0 Å². The SMILES string of the molecule is CCc1ccc([C@H](C)NC(=O)CSc2nc3nc(C)cc(C)c3c(=O)[nH]2)cc1. The Balaban J connectivity index is 1.66. The first-order chi connectivity index (χ1) is 13.4. The van der Waals surface area contributed by atoms with Gasteiger partial charge in [0.1, 0.15) is 0 Å². The summed E-state index contributed by atoms with van der Waals surface area (Å²) >= 11 is 1.19. The summed E-state index contributed by atoms with van der Waals surface area (Å²) in [6, 6.07) is 10.00. The number of aromatic nitrogens is 3. The number of pyridine rings is 1. The molecule has 1 atom stereocenters. The number of aryl methyl sites for hydroxylation is 3. The molecule has 0 saturated carbocycles. The zero-order chi connectivity index (χ0) is 20.3. The van der Waals surface area contributed by atoms with Crippen molar-refractivity contribution in [2.75, 3.05) is 5.75 Å². The molecule has 3 aromatic rings. The van der Waals surface area contributed by atoms with Crippen molar-refractivity contribution in [3.63, 3.8) is 0 Å². The molecule has 1 amide bonds. The summed E-state index contributed by atoms with van der Waals surface area (Å²) in [4.78, 5) is 36.1. The van der Waals surface area contributed by atoms with Gasteiger partial charge < -0.3 is 10.3 Å². The highest BCUT2D eigenvalue weighted by molar-refractivity contribution is 7.99. The van der Waals surface area contributed by atoms with E-state index in [1.165, 1.54) is 17.3 Å². The molecule has 2 heterocycles. The monoisotopic (exact) mass is 396 g/mol. The first kappa shape index (κ1) is 20.1. The molecule has 0 spiro atoms. The van der Waals surface area contributed by atoms with Gasteiger partial charge in [0.2, 0.25) is 5.91 Å². The maximum Gasteiger partial charge on any atom is 0.261 e. The lowest BCUT2D eigenvalue weighted by Crippen LogP contribution is -2.28. The summed E-state index contributed by atoms with van der Waals surface area (Å²) in [6.45, 7) is 7.79. The zero-order valence-electron chi connectivity index (χ0n) is 16.5. The number of fused-ring (bicyclic) bond motifs is 1. The molecule has 3 rings (SSSR count). The summed E-state index contributed by atoms with van der Waals surface area (Å²) in [7, 11) is 0. The minimum Gasteiger partial charge on any atom is -0.349 e. The van der Waals surface area contributed by atoms with Crippen molar-refractivity contribution in [3.8, 4) is 0 Å². The van der Waals surface area contributed by atoms with Crippen LogP contribution < -0.4 is 10.9 Å². The molecule has 0 aliphatic carbocycles. The molecular weight excluding hydrogens is 372 g/mol. The van der Waals surface area contributed by atoms with Crippen molar-refractivity contribution < 1.29 is 4.79 Å². The minimum atomic E-state index is -0.234. The number of nitrogens with zero attached hydrogens (tertiary/aromatic N) is 2. The molecule has 1 aromatic carbocycles. The van der Waals surface area contributed by atoms with Crippen molar-refractivity contribution in [2.45, 2.75) is 45.3 Å². The fourth-order valence-electron chi connectivity index (χ4n) is 3.07. The smallest absolute Gasteiger partial charge is 0.261 e.